The van der Waals surface area contributed by atoms with Crippen LogP contribution in [0.15, 0.2) is 60.8 Å². The van der Waals surface area contributed by atoms with Gasteiger partial charge < -0.3 is 25.2 Å². The highest BCUT2D eigenvalue weighted by atomic mass is 19.1. The zero-order chi connectivity index (χ0) is 32.6. The van der Waals surface area contributed by atoms with E-state index in [0.717, 1.165) is 24.6 Å². The van der Waals surface area contributed by atoms with Crippen LogP contribution in [0.4, 0.5) is 4.39 Å². The van der Waals surface area contributed by atoms with Crippen LogP contribution in [0.2, 0.25) is 0 Å². The van der Waals surface area contributed by atoms with E-state index >= 15 is 0 Å². The number of fused-ring (bicyclic) bond motifs is 2. The minimum absolute atomic E-state index is 0.0795. The molecule has 0 radical (unpaired) electrons. The third-order valence-electron chi connectivity index (χ3n) is 8.59. The first-order valence-electron chi connectivity index (χ1n) is 15.7. The van der Waals surface area contributed by atoms with Crippen LogP contribution < -0.4 is 20.1 Å². The highest BCUT2D eigenvalue weighted by Crippen LogP contribution is 2.45. The molecule has 1 aliphatic carbocycles. The van der Waals surface area contributed by atoms with Crippen molar-refractivity contribution in [2.24, 2.45) is 5.92 Å². The van der Waals surface area contributed by atoms with Crippen molar-refractivity contribution in [1.82, 2.24) is 20.6 Å². The van der Waals surface area contributed by atoms with E-state index in [0.29, 0.717) is 51.9 Å². The van der Waals surface area contributed by atoms with E-state index in [9.17, 15) is 19.1 Å². The van der Waals surface area contributed by atoms with Gasteiger partial charge in [-0.05, 0) is 87.6 Å². The quantitative estimate of drug-likeness (QED) is 0.203. The SMILES string of the molecule is CC(C)CCNC(=O)[C@@]1(C)COc2c1cc([C@@](C)(O)CNC(=O)c1cc(OC3CC3)c3ncccc3c1)nc2-c1ccc(F)cc1. The number of benzene rings is 2. The lowest BCUT2D eigenvalue weighted by molar-refractivity contribution is -0.126. The zero-order valence-electron chi connectivity index (χ0n) is 26.5. The van der Waals surface area contributed by atoms with Gasteiger partial charge in [0.15, 0.2) is 0 Å². The van der Waals surface area contributed by atoms with Crippen LogP contribution >= 0.6 is 0 Å². The molecule has 3 N–H and O–H groups in total. The van der Waals surface area contributed by atoms with Gasteiger partial charge in [0.25, 0.3) is 5.91 Å². The lowest BCUT2D eigenvalue weighted by Crippen LogP contribution is -2.44. The second kappa shape index (κ2) is 12.3. The van der Waals surface area contributed by atoms with Crippen LogP contribution in [0.1, 0.15) is 68.6 Å². The first kappa shape index (κ1) is 31.4. The maximum atomic E-state index is 13.8. The first-order valence-corrected chi connectivity index (χ1v) is 15.7. The summed E-state index contributed by atoms with van der Waals surface area (Å²) in [7, 11) is 0. The Bertz CT molecular complexity index is 1790. The van der Waals surface area contributed by atoms with E-state index in [1.54, 1.807) is 56.4 Å². The van der Waals surface area contributed by atoms with E-state index in [1.165, 1.54) is 12.1 Å². The fourth-order valence-corrected chi connectivity index (χ4v) is 5.51. The van der Waals surface area contributed by atoms with E-state index in [2.05, 4.69) is 29.5 Å². The standard InChI is InChI=1S/C36H39FN4O5/c1-21(2)13-15-39-34(43)35(3)20-45-32-27(35)18-29(41-31(32)22-7-9-25(37)10-8-22)36(4,44)19-40-33(42)24-16-23-6-5-14-38-30(23)28(17-24)46-26-11-12-26/h5-10,14,16-18,21,26,44H,11-13,15,19-20H2,1-4H3,(H,39,43)(H,40,42)/t35-,36-/m0/s1. The lowest BCUT2D eigenvalue weighted by Gasteiger charge is -2.27. The normalized spacial score (nSPS) is 18.5. The Morgan fingerprint density at radius 2 is 1.91 bits per heavy atom. The molecule has 2 aromatic heterocycles. The molecule has 1 saturated carbocycles. The molecule has 4 aromatic rings. The van der Waals surface area contributed by atoms with Crippen molar-refractivity contribution in [3.8, 4) is 22.8 Å². The number of hydrogen-bond acceptors (Lipinski definition) is 7. The molecule has 6 rings (SSSR count). The smallest absolute Gasteiger partial charge is 0.251 e. The second-order valence-electron chi connectivity index (χ2n) is 13.1. The number of nitrogens with zero attached hydrogens (tertiary/aromatic N) is 2. The van der Waals surface area contributed by atoms with E-state index in [4.69, 9.17) is 14.5 Å². The van der Waals surface area contributed by atoms with Crippen LogP contribution in [0.25, 0.3) is 22.2 Å². The topological polar surface area (TPSA) is 123 Å². The summed E-state index contributed by atoms with van der Waals surface area (Å²) < 4.78 is 26.0. The van der Waals surface area contributed by atoms with Crippen molar-refractivity contribution < 1.29 is 28.6 Å². The van der Waals surface area contributed by atoms with Gasteiger partial charge >= 0.3 is 0 Å². The Labute approximate surface area is 267 Å². The van der Waals surface area contributed by atoms with Crippen LogP contribution in [0.3, 0.4) is 0 Å². The summed E-state index contributed by atoms with van der Waals surface area (Å²) >= 11 is 0. The highest BCUT2D eigenvalue weighted by Gasteiger charge is 2.46. The molecule has 240 valence electrons. The predicted octanol–water partition coefficient (Wildman–Crippen LogP) is 5.43. The largest absolute Gasteiger partial charge is 0.489 e. The van der Waals surface area contributed by atoms with Gasteiger partial charge in [0.2, 0.25) is 5.91 Å². The lowest BCUT2D eigenvalue weighted by atomic mass is 9.81. The van der Waals surface area contributed by atoms with Gasteiger partial charge in [0.05, 0.1) is 18.3 Å². The van der Waals surface area contributed by atoms with Gasteiger partial charge in [-0.15, -0.1) is 0 Å². The minimum atomic E-state index is -1.65. The number of nitrogens with one attached hydrogen (secondary N) is 2. The zero-order valence-corrected chi connectivity index (χ0v) is 26.5. The van der Waals surface area contributed by atoms with Crippen LogP contribution in [-0.2, 0) is 15.8 Å². The molecule has 2 aliphatic rings. The second-order valence-corrected chi connectivity index (χ2v) is 13.1. The summed E-state index contributed by atoms with van der Waals surface area (Å²) in [5.41, 5.74) is 0.0933. The van der Waals surface area contributed by atoms with Gasteiger partial charge in [0.1, 0.15) is 46.1 Å². The number of ether oxygens (including phenoxy) is 2. The summed E-state index contributed by atoms with van der Waals surface area (Å²) in [5.74, 6) is 0.380. The van der Waals surface area contributed by atoms with Crippen LogP contribution in [0.5, 0.6) is 11.5 Å². The fourth-order valence-electron chi connectivity index (χ4n) is 5.51. The summed E-state index contributed by atoms with van der Waals surface area (Å²) in [6.07, 6.45) is 4.57. The molecule has 10 heteroatoms. The number of aliphatic hydroxyl groups is 1. The molecule has 2 atom stereocenters. The number of hydrogen-bond donors (Lipinski definition) is 3. The minimum Gasteiger partial charge on any atom is -0.489 e. The average molecular weight is 627 g/mol. The van der Waals surface area contributed by atoms with Gasteiger partial charge in [0, 0.05) is 34.8 Å². The summed E-state index contributed by atoms with van der Waals surface area (Å²) in [4.78, 5) is 36.2. The number of rotatable bonds is 11. The molecule has 46 heavy (non-hydrogen) atoms. The number of aromatic nitrogens is 2. The number of carbonyl (C=O) groups excluding carboxylic acids is 2. The Hall–Kier alpha value is -4.57. The Kier molecular flexibility index (Phi) is 8.41. The maximum absolute atomic E-state index is 13.8. The highest BCUT2D eigenvalue weighted by molar-refractivity contribution is 6.00. The van der Waals surface area contributed by atoms with Crippen LogP contribution in [0, 0.1) is 11.7 Å². The Morgan fingerprint density at radius 1 is 1.15 bits per heavy atom. The molecule has 2 aromatic carbocycles. The molecular formula is C36H39FN4O5. The van der Waals surface area contributed by atoms with Gasteiger partial charge in [-0.2, -0.15) is 0 Å². The molecular weight excluding hydrogens is 587 g/mol. The summed E-state index contributed by atoms with van der Waals surface area (Å²) in [6.45, 7) is 7.96. The van der Waals surface area contributed by atoms with Crippen molar-refractivity contribution in [1.29, 1.82) is 0 Å². The molecule has 0 unspecified atom stereocenters. The third kappa shape index (κ3) is 6.39. The molecule has 3 heterocycles. The van der Waals surface area contributed by atoms with Gasteiger partial charge in [-0.1, -0.05) is 19.9 Å². The summed E-state index contributed by atoms with van der Waals surface area (Å²) in [6, 6.07) is 14.6. The van der Waals surface area contributed by atoms with E-state index in [1.807, 2.05) is 6.07 Å². The first-order chi connectivity index (χ1) is 21.9. The van der Waals surface area contributed by atoms with Crippen molar-refractivity contribution >= 4 is 22.7 Å². The molecule has 0 saturated heterocycles. The molecule has 0 spiro atoms. The summed E-state index contributed by atoms with van der Waals surface area (Å²) in [5, 5.41) is 18.4. The molecule has 9 nitrogen and oxygen atoms in total. The maximum Gasteiger partial charge on any atom is 0.251 e. The number of halogens is 1. The average Bonchev–Trinajstić information content (AvgIpc) is 3.79. The van der Waals surface area contributed by atoms with Crippen molar-refractivity contribution in [3.63, 3.8) is 0 Å². The van der Waals surface area contributed by atoms with Crippen LogP contribution in [-0.4, -0.2) is 52.7 Å². The molecule has 1 fully saturated rings. The number of pyridine rings is 2. The number of amides is 2. The van der Waals surface area contributed by atoms with Crippen molar-refractivity contribution in [3.05, 3.63) is 83.4 Å². The Balaban J connectivity index is 1.30. The monoisotopic (exact) mass is 626 g/mol. The Morgan fingerprint density at radius 3 is 2.63 bits per heavy atom. The molecule has 0 bridgehead atoms. The van der Waals surface area contributed by atoms with Gasteiger partial charge in [-0.3, -0.25) is 14.6 Å². The van der Waals surface area contributed by atoms with Gasteiger partial charge in [-0.25, -0.2) is 9.37 Å². The van der Waals surface area contributed by atoms with E-state index < -0.39 is 22.7 Å². The fraction of sp³-hybridized carbons (Fsp3) is 0.389. The van der Waals surface area contributed by atoms with Crippen molar-refractivity contribution in [2.45, 2.75) is 64.1 Å². The van der Waals surface area contributed by atoms with E-state index in [-0.39, 0.29) is 30.9 Å². The number of carbonyl (C=O) groups is 2. The molecule has 1 aliphatic heterocycles. The predicted molar refractivity (Wildman–Crippen MR) is 172 cm³/mol. The molecule has 2 amide bonds. The van der Waals surface area contributed by atoms with Crippen molar-refractivity contribution in [2.75, 3.05) is 19.7 Å². The third-order valence-corrected chi connectivity index (χ3v) is 8.59.